The van der Waals surface area contributed by atoms with E-state index in [9.17, 15) is 8.42 Å². The molecule has 16 heavy (non-hydrogen) atoms. The number of aliphatic imine (C=N–C) groups is 1. The molecular formula is C9H22N4O2S. The summed E-state index contributed by atoms with van der Waals surface area (Å²) < 4.78 is 21.4. The van der Waals surface area contributed by atoms with Crippen LogP contribution in [0.4, 0.5) is 0 Å². The number of hydrogen-bond acceptors (Lipinski definition) is 3. The monoisotopic (exact) mass is 250 g/mol. The van der Waals surface area contributed by atoms with Crippen molar-refractivity contribution in [1.82, 2.24) is 10.6 Å². The minimum Gasteiger partial charge on any atom is -0.357 e. The molecule has 0 aromatic carbocycles. The van der Waals surface area contributed by atoms with Gasteiger partial charge in [0, 0.05) is 12.1 Å². The molecule has 0 aliphatic heterocycles. The van der Waals surface area contributed by atoms with Crippen LogP contribution in [0.25, 0.3) is 0 Å². The Morgan fingerprint density at radius 1 is 1.38 bits per heavy atom. The molecule has 4 N–H and O–H groups in total. The van der Waals surface area contributed by atoms with Gasteiger partial charge < -0.3 is 10.6 Å². The summed E-state index contributed by atoms with van der Waals surface area (Å²) in [6.45, 7) is 8.82. The summed E-state index contributed by atoms with van der Waals surface area (Å²) in [4.78, 5) is 4.12. The summed E-state index contributed by atoms with van der Waals surface area (Å²) in [7, 11) is -3.44. The van der Waals surface area contributed by atoms with Crippen LogP contribution in [0, 0.1) is 0 Å². The Morgan fingerprint density at radius 3 is 2.31 bits per heavy atom. The smallest absolute Gasteiger partial charge is 0.210 e. The summed E-state index contributed by atoms with van der Waals surface area (Å²) in [5.74, 6) is 0.451. The second kappa shape index (κ2) is 6.05. The molecule has 0 heterocycles. The Labute approximate surface area is 97.8 Å². The number of sulfonamides is 1. The predicted octanol–water partition coefficient (Wildman–Crippen LogP) is -0.371. The molecule has 0 spiro atoms. The molecule has 0 aromatic rings. The number of rotatable bonds is 4. The van der Waals surface area contributed by atoms with Gasteiger partial charge in [0.15, 0.2) is 5.96 Å². The zero-order chi connectivity index (χ0) is 12.8. The first-order valence-electron chi connectivity index (χ1n) is 5.21. The van der Waals surface area contributed by atoms with Crippen LogP contribution in [0.5, 0.6) is 0 Å². The topological polar surface area (TPSA) is 96.6 Å². The molecule has 0 unspecified atom stereocenters. The first-order valence-corrected chi connectivity index (χ1v) is 6.92. The average Bonchev–Trinajstić information content (AvgIpc) is 1.98. The number of primary sulfonamides is 1. The maximum atomic E-state index is 10.7. The van der Waals surface area contributed by atoms with Crippen molar-refractivity contribution in [3.05, 3.63) is 0 Å². The van der Waals surface area contributed by atoms with Crippen LogP contribution in [0.15, 0.2) is 4.99 Å². The molecule has 96 valence electrons. The Morgan fingerprint density at radius 2 is 1.94 bits per heavy atom. The summed E-state index contributed by atoms with van der Waals surface area (Å²) in [5, 5.41) is 11.1. The molecule has 0 aliphatic rings. The number of nitrogens with zero attached hydrogens (tertiary/aromatic N) is 1. The highest BCUT2D eigenvalue weighted by Gasteiger charge is 2.11. The molecule has 0 amide bonds. The standard InChI is InChI=1S/C9H22N4O2S/c1-5-11-8(13-9(2,3)4)12-6-7-16(10,14)15/h5-7H2,1-4H3,(H2,10,14,15)(H2,11,12,13). The summed E-state index contributed by atoms with van der Waals surface area (Å²) in [6.07, 6.45) is 0. The SMILES string of the molecule is CCNC(=NCCS(N)(=O)=O)NC(C)(C)C. The summed E-state index contributed by atoms with van der Waals surface area (Å²) in [6, 6.07) is 0. The van der Waals surface area contributed by atoms with Crippen LogP contribution < -0.4 is 15.8 Å². The molecule has 0 saturated carbocycles. The van der Waals surface area contributed by atoms with Gasteiger partial charge in [0.05, 0.1) is 12.3 Å². The lowest BCUT2D eigenvalue weighted by molar-refractivity contribution is 0.502. The molecule has 0 saturated heterocycles. The van der Waals surface area contributed by atoms with Gasteiger partial charge in [-0.3, -0.25) is 4.99 Å². The minimum absolute atomic E-state index is 0.122. The van der Waals surface area contributed by atoms with Crippen LogP contribution in [-0.2, 0) is 10.0 Å². The average molecular weight is 250 g/mol. The number of nitrogens with one attached hydrogen (secondary N) is 2. The van der Waals surface area contributed by atoms with E-state index in [1.54, 1.807) is 0 Å². The fourth-order valence-electron chi connectivity index (χ4n) is 0.947. The lowest BCUT2D eigenvalue weighted by Gasteiger charge is -2.23. The van der Waals surface area contributed by atoms with Crippen LogP contribution in [0.1, 0.15) is 27.7 Å². The third kappa shape index (κ3) is 9.72. The van der Waals surface area contributed by atoms with Gasteiger partial charge in [-0.25, -0.2) is 13.6 Å². The van der Waals surface area contributed by atoms with Gasteiger partial charge >= 0.3 is 0 Å². The van der Waals surface area contributed by atoms with Crippen molar-refractivity contribution in [2.45, 2.75) is 33.2 Å². The van der Waals surface area contributed by atoms with Gasteiger partial charge in [-0.2, -0.15) is 0 Å². The van der Waals surface area contributed by atoms with Crippen LogP contribution in [0.2, 0.25) is 0 Å². The van der Waals surface area contributed by atoms with Crippen molar-refractivity contribution in [1.29, 1.82) is 0 Å². The Balaban J connectivity index is 4.36. The molecule has 0 bridgehead atoms. The van der Waals surface area contributed by atoms with E-state index >= 15 is 0 Å². The zero-order valence-corrected chi connectivity index (χ0v) is 11.2. The van der Waals surface area contributed by atoms with E-state index in [1.165, 1.54) is 0 Å². The largest absolute Gasteiger partial charge is 0.357 e. The fourth-order valence-corrected chi connectivity index (χ4v) is 1.29. The fraction of sp³-hybridized carbons (Fsp3) is 0.889. The second-order valence-corrected chi connectivity index (χ2v) is 6.24. The van der Waals surface area contributed by atoms with Gasteiger partial charge in [-0.1, -0.05) is 0 Å². The number of hydrogen-bond donors (Lipinski definition) is 3. The Hall–Kier alpha value is -0.820. The Bertz CT molecular complexity index is 330. The second-order valence-electron chi connectivity index (χ2n) is 4.50. The van der Waals surface area contributed by atoms with E-state index in [4.69, 9.17) is 5.14 Å². The van der Waals surface area contributed by atoms with Gasteiger partial charge in [-0.15, -0.1) is 0 Å². The van der Waals surface area contributed by atoms with E-state index in [2.05, 4.69) is 15.6 Å². The molecule has 0 fully saturated rings. The first kappa shape index (κ1) is 15.2. The molecule has 0 atom stereocenters. The minimum atomic E-state index is -3.44. The van der Waals surface area contributed by atoms with Crippen molar-refractivity contribution in [2.75, 3.05) is 18.8 Å². The summed E-state index contributed by atoms with van der Waals surface area (Å²) in [5.41, 5.74) is -0.122. The van der Waals surface area contributed by atoms with Gasteiger partial charge in [0.25, 0.3) is 0 Å². The van der Waals surface area contributed by atoms with E-state index < -0.39 is 10.0 Å². The maximum Gasteiger partial charge on any atom is 0.210 e. The normalized spacial score (nSPS) is 13.7. The van der Waals surface area contributed by atoms with Crippen molar-refractivity contribution >= 4 is 16.0 Å². The molecule has 7 heteroatoms. The third-order valence-corrected chi connectivity index (χ3v) is 2.23. The van der Waals surface area contributed by atoms with Gasteiger partial charge in [0.1, 0.15) is 0 Å². The highest BCUT2D eigenvalue weighted by molar-refractivity contribution is 7.89. The zero-order valence-electron chi connectivity index (χ0n) is 10.4. The van der Waals surface area contributed by atoms with E-state index in [1.807, 2.05) is 27.7 Å². The molecule has 0 aromatic heterocycles. The van der Waals surface area contributed by atoms with E-state index in [0.29, 0.717) is 5.96 Å². The molecule has 0 radical (unpaired) electrons. The predicted molar refractivity (Wildman–Crippen MR) is 66.8 cm³/mol. The molecular weight excluding hydrogens is 228 g/mol. The van der Waals surface area contributed by atoms with Crippen LogP contribution in [-0.4, -0.2) is 38.8 Å². The van der Waals surface area contributed by atoms with Crippen molar-refractivity contribution < 1.29 is 8.42 Å². The number of nitrogens with two attached hydrogens (primary N) is 1. The van der Waals surface area contributed by atoms with Crippen LogP contribution in [0.3, 0.4) is 0 Å². The van der Waals surface area contributed by atoms with Crippen molar-refractivity contribution in [2.24, 2.45) is 10.1 Å². The number of guanidine groups is 1. The quantitative estimate of drug-likeness (QED) is 0.468. The highest BCUT2D eigenvalue weighted by atomic mass is 32.2. The lowest BCUT2D eigenvalue weighted by Crippen LogP contribution is -2.47. The lowest BCUT2D eigenvalue weighted by atomic mass is 10.1. The summed E-state index contributed by atoms with van der Waals surface area (Å²) >= 11 is 0. The first-order chi connectivity index (χ1) is 7.14. The third-order valence-electron chi connectivity index (χ3n) is 1.48. The van der Waals surface area contributed by atoms with E-state index in [0.717, 1.165) is 6.54 Å². The Kier molecular flexibility index (Phi) is 5.74. The van der Waals surface area contributed by atoms with Crippen molar-refractivity contribution in [3.8, 4) is 0 Å². The van der Waals surface area contributed by atoms with Gasteiger partial charge in [0.2, 0.25) is 10.0 Å². The van der Waals surface area contributed by atoms with Crippen LogP contribution >= 0.6 is 0 Å². The van der Waals surface area contributed by atoms with Crippen molar-refractivity contribution in [3.63, 3.8) is 0 Å². The molecule has 6 nitrogen and oxygen atoms in total. The maximum absolute atomic E-state index is 10.7. The van der Waals surface area contributed by atoms with E-state index in [-0.39, 0.29) is 17.8 Å². The molecule has 0 aliphatic carbocycles. The van der Waals surface area contributed by atoms with Gasteiger partial charge in [-0.05, 0) is 27.7 Å². The highest BCUT2D eigenvalue weighted by Crippen LogP contribution is 1.97. The molecule has 0 rings (SSSR count).